The summed E-state index contributed by atoms with van der Waals surface area (Å²) < 4.78 is 6.19. The number of anilines is 2. The van der Waals surface area contributed by atoms with E-state index in [-0.39, 0.29) is 30.4 Å². The Bertz CT molecular complexity index is 2300. The second kappa shape index (κ2) is 11.9. The third-order valence-electron chi connectivity index (χ3n) is 11.7. The van der Waals surface area contributed by atoms with Crippen molar-refractivity contribution in [1.82, 2.24) is 0 Å². The molecule has 9 rings (SSSR count). The quantitative estimate of drug-likeness (QED) is 0.170. The minimum atomic E-state index is -1.42. The van der Waals surface area contributed by atoms with Gasteiger partial charge in [-0.05, 0) is 90.9 Å². The Balaban J connectivity index is 1.25. The number of phenolic OH excluding ortho intramolecular Hbond substituents is 1. The van der Waals surface area contributed by atoms with Crippen molar-refractivity contribution >= 4 is 58.2 Å². The molecule has 6 atom stereocenters. The summed E-state index contributed by atoms with van der Waals surface area (Å²) in [4.78, 5) is 61.6. The highest BCUT2D eigenvalue weighted by atomic mass is 35.5. The molecule has 0 spiro atoms. The Morgan fingerprint density at radius 3 is 2.37 bits per heavy atom. The molecule has 2 saturated heterocycles. The number of aromatic hydroxyl groups is 1. The largest absolute Gasteiger partial charge is 0.508 e. The van der Waals surface area contributed by atoms with Crippen molar-refractivity contribution in [1.29, 1.82) is 0 Å². The van der Waals surface area contributed by atoms with E-state index in [0.29, 0.717) is 39.2 Å². The first-order valence-corrected chi connectivity index (χ1v) is 18.1. The van der Waals surface area contributed by atoms with Gasteiger partial charge in [0.05, 0.1) is 40.8 Å². The van der Waals surface area contributed by atoms with Crippen molar-refractivity contribution in [2.24, 2.45) is 29.6 Å². The van der Waals surface area contributed by atoms with Gasteiger partial charge >= 0.3 is 0 Å². The van der Waals surface area contributed by atoms with Crippen molar-refractivity contribution in [3.05, 3.63) is 141 Å². The average Bonchev–Trinajstić information content (AvgIpc) is 3.53. The van der Waals surface area contributed by atoms with E-state index in [1.165, 1.54) is 9.80 Å². The number of carbonyl (C=O) groups excluding carboxylic acids is 4. The first-order chi connectivity index (χ1) is 25.1. The molecular weight excluding hydrogens is 699 g/mol. The Morgan fingerprint density at radius 1 is 0.808 bits per heavy atom. The number of hydrogen-bond donors (Lipinski definition) is 1. The summed E-state index contributed by atoms with van der Waals surface area (Å²) in [5, 5.41) is 11.3. The molecule has 3 heterocycles. The Hall–Kier alpha value is -5.18. The van der Waals surface area contributed by atoms with Crippen molar-refractivity contribution in [2.45, 2.75) is 31.6 Å². The number of rotatable bonds is 4. The monoisotopic (exact) mass is 730 g/mol. The predicted octanol–water partition coefficient (Wildman–Crippen LogP) is 7.73. The van der Waals surface area contributed by atoms with Gasteiger partial charge in [-0.25, -0.2) is 9.80 Å². The van der Waals surface area contributed by atoms with E-state index in [9.17, 15) is 19.5 Å². The molecule has 0 aromatic heterocycles. The van der Waals surface area contributed by atoms with E-state index in [4.69, 9.17) is 27.9 Å². The molecule has 0 unspecified atom stereocenters. The molecule has 4 amide bonds. The van der Waals surface area contributed by atoms with Crippen LogP contribution in [0.15, 0.2) is 114 Å². The molecule has 4 aromatic rings. The maximum absolute atomic E-state index is 15.4. The van der Waals surface area contributed by atoms with Gasteiger partial charge < -0.3 is 9.84 Å². The molecule has 10 heteroatoms. The minimum absolute atomic E-state index is 0.0751. The number of fused-ring (bicyclic) bond motifs is 5. The standard InChI is InChI=1S/C42H32Cl2N2O6/c1-22-10-11-28(19-34(22)44)45-38(48)31-14-13-30-32(36(31)40(45)50)20-33-39(49)46(27-9-5-8-26(43)18-27)41(51)42(33,25-6-3-2-4-7-25)37(30)24-16-23-17-29(47)12-15-35(23)52-21-24/h2-13,15,17-19,21,31-33,36-37,47H,14,16,20H2,1H3/t31-,32+,33-,36-,37-,42+/m0/s1. The van der Waals surface area contributed by atoms with E-state index in [1.54, 1.807) is 66.9 Å². The first kappa shape index (κ1) is 32.7. The lowest BCUT2D eigenvalue weighted by Gasteiger charge is -2.51. The number of imide groups is 2. The molecule has 0 radical (unpaired) electrons. The SMILES string of the molecule is Cc1ccc(N2C(=O)[C@H]3[C@H](CC=C4[C@H](C5=COc6ccc(O)cc6C5)[C@]5(c6ccccc6)C(=O)N(c6cccc(Cl)c6)C(=O)[C@@H]5C[C@H]43)C2=O)cc1Cl. The minimum Gasteiger partial charge on any atom is -0.508 e. The maximum Gasteiger partial charge on any atom is 0.246 e. The number of benzene rings is 4. The third kappa shape index (κ3) is 4.60. The van der Waals surface area contributed by atoms with Gasteiger partial charge in [-0.15, -0.1) is 0 Å². The lowest BCUT2D eigenvalue weighted by atomic mass is 9.48. The third-order valence-corrected chi connectivity index (χ3v) is 12.4. The van der Waals surface area contributed by atoms with Gasteiger partial charge in [-0.1, -0.05) is 77.3 Å². The molecule has 3 aliphatic heterocycles. The lowest BCUT2D eigenvalue weighted by molar-refractivity contribution is -0.128. The van der Waals surface area contributed by atoms with Crippen molar-refractivity contribution in [2.75, 3.05) is 9.80 Å². The normalized spacial score (nSPS) is 27.7. The molecule has 1 N–H and O–H groups in total. The average molecular weight is 732 g/mol. The fourth-order valence-electron chi connectivity index (χ4n) is 9.54. The van der Waals surface area contributed by atoms with Crippen LogP contribution in [0.1, 0.15) is 29.5 Å². The summed E-state index contributed by atoms with van der Waals surface area (Å²) in [5.74, 6) is -4.33. The zero-order valence-corrected chi connectivity index (χ0v) is 29.5. The molecule has 4 aromatic carbocycles. The number of phenols is 1. The highest BCUT2D eigenvalue weighted by Gasteiger charge is 2.70. The van der Waals surface area contributed by atoms with Crippen LogP contribution >= 0.6 is 23.2 Å². The number of amides is 4. The Labute approximate surface area is 309 Å². The van der Waals surface area contributed by atoms with Crippen LogP contribution in [0, 0.1) is 36.5 Å². The number of nitrogens with zero attached hydrogens (tertiary/aromatic N) is 2. The van der Waals surface area contributed by atoms with Gasteiger partial charge in [0.25, 0.3) is 0 Å². The summed E-state index contributed by atoms with van der Waals surface area (Å²) in [6.07, 6.45) is 4.46. The fraction of sp³-hybridized carbons (Fsp3) is 0.238. The van der Waals surface area contributed by atoms with Crippen LogP contribution in [0.2, 0.25) is 10.0 Å². The molecule has 8 nitrogen and oxygen atoms in total. The molecule has 2 aliphatic carbocycles. The van der Waals surface area contributed by atoms with Crippen LogP contribution in [0.3, 0.4) is 0 Å². The van der Waals surface area contributed by atoms with E-state index in [0.717, 1.165) is 22.3 Å². The maximum atomic E-state index is 15.4. The lowest BCUT2D eigenvalue weighted by Crippen LogP contribution is -2.55. The van der Waals surface area contributed by atoms with Crippen LogP contribution in [-0.4, -0.2) is 28.7 Å². The molecule has 260 valence electrons. The number of aryl methyl sites for hydroxylation is 1. The first-order valence-electron chi connectivity index (χ1n) is 17.3. The van der Waals surface area contributed by atoms with Gasteiger partial charge in [0, 0.05) is 27.9 Å². The smallest absolute Gasteiger partial charge is 0.246 e. The summed E-state index contributed by atoms with van der Waals surface area (Å²) in [7, 11) is 0. The van der Waals surface area contributed by atoms with Gasteiger partial charge in [0.2, 0.25) is 23.6 Å². The Kier molecular flexibility index (Phi) is 7.51. The van der Waals surface area contributed by atoms with Crippen molar-refractivity contribution in [3.63, 3.8) is 0 Å². The van der Waals surface area contributed by atoms with Crippen molar-refractivity contribution in [3.8, 4) is 11.5 Å². The fourth-order valence-corrected chi connectivity index (χ4v) is 9.89. The number of ether oxygens (including phenoxy) is 1. The molecular formula is C42H32Cl2N2O6. The van der Waals surface area contributed by atoms with E-state index >= 15 is 4.79 Å². The predicted molar refractivity (Wildman–Crippen MR) is 196 cm³/mol. The molecule has 5 aliphatic rings. The van der Waals surface area contributed by atoms with Gasteiger partial charge in [-0.2, -0.15) is 0 Å². The molecule has 3 fully saturated rings. The van der Waals surface area contributed by atoms with Crippen LogP contribution < -0.4 is 14.5 Å². The summed E-state index contributed by atoms with van der Waals surface area (Å²) in [6, 6.07) is 26.1. The summed E-state index contributed by atoms with van der Waals surface area (Å²) in [5.41, 5.74) is 3.13. The van der Waals surface area contributed by atoms with Crippen LogP contribution in [0.4, 0.5) is 11.4 Å². The van der Waals surface area contributed by atoms with E-state index < -0.39 is 46.8 Å². The highest BCUT2D eigenvalue weighted by molar-refractivity contribution is 6.33. The van der Waals surface area contributed by atoms with Gasteiger partial charge in [-0.3, -0.25) is 19.2 Å². The zero-order chi connectivity index (χ0) is 36.1. The summed E-state index contributed by atoms with van der Waals surface area (Å²) in [6.45, 7) is 1.85. The number of hydrogen-bond acceptors (Lipinski definition) is 6. The van der Waals surface area contributed by atoms with Crippen LogP contribution in [0.25, 0.3) is 0 Å². The number of allylic oxidation sites excluding steroid dienone is 3. The van der Waals surface area contributed by atoms with Crippen LogP contribution in [-0.2, 0) is 31.0 Å². The summed E-state index contributed by atoms with van der Waals surface area (Å²) >= 11 is 12.9. The number of halogens is 2. The highest BCUT2D eigenvalue weighted by Crippen LogP contribution is 2.64. The van der Waals surface area contributed by atoms with Gasteiger partial charge in [0.1, 0.15) is 11.5 Å². The molecule has 0 bridgehead atoms. The zero-order valence-electron chi connectivity index (χ0n) is 28.0. The topological polar surface area (TPSA) is 104 Å². The van der Waals surface area contributed by atoms with Crippen LogP contribution in [0.5, 0.6) is 11.5 Å². The second-order valence-electron chi connectivity index (χ2n) is 14.3. The number of carbonyl (C=O) groups is 4. The van der Waals surface area contributed by atoms with Crippen molar-refractivity contribution < 1.29 is 29.0 Å². The Morgan fingerprint density at radius 2 is 1.60 bits per heavy atom. The molecule has 1 saturated carbocycles. The van der Waals surface area contributed by atoms with Gasteiger partial charge in [0.15, 0.2) is 0 Å². The van der Waals surface area contributed by atoms with E-state index in [1.807, 2.05) is 43.3 Å². The second-order valence-corrected chi connectivity index (χ2v) is 15.2. The van der Waals surface area contributed by atoms with E-state index in [2.05, 4.69) is 0 Å². The molecule has 52 heavy (non-hydrogen) atoms.